The first-order chi connectivity index (χ1) is 12.1. The molecular weight excluding hydrogens is 319 g/mol. The highest BCUT2D eigenvalue weighted by atomic mass is 19.1. The second kappa shape index (κ2) is 6.48. The molecule has 130 valence electrons. The molecule has 1 amide bonds. The number of likely N-dealkylation sites (tertiary alicyclic amines) is 1. The summed E-state index contributed by atoms with van der Waals surface area (Å²) in [6, 6.07) is 14.1. The number of rotatable bonds is 2. The van der Waals surface area contributed by atoms with Crippen LogP contribution in [0.25, 0.3) is 0 Å². The zero-order valence-corrected chi connectivity index (χ0v) is 14.0. The van der Waals surface area contributed by atoms with Crippen molar-refractivity contribution in [2.45, 2.75) is 25.0 Å². The lowest BCUT2D eigenvalue weighted by molar-refractivity contribution is 0.00394. The average molecular weight is 340 g/mol. The van der Waals surface area contributed by atoms with Crippen LogP contribution < -0.4 is 10.1 Å². The summed E-state index contributed by atoms with van der Waals surface area (Å²) in [6.07, 6.45) is 1.70. The fraction of sp³-hybridized carbons (Fsp3) is 0.350. The van der Waals surface area contributed by atoms with Crippen molar-refractivity contribution in [2.75, 3.05) is 19.6 Å². The molecule has 2 aliphatic rings. The molecule has 0 unspecified atom stereocenters. The number of carbonyl (C=O) groups is 1. The molecule has 0 aromatic heterocycles. The van der Waals surface area contributed by atoms with Gasteiger partial charge in [0.05, 0.1) is 12.1 Å². The van der Waals surface area contributed by atoms with Crippen LogP contribution in [0.15, 0.2) is 48.5 Å². The van der Waals surface area contributed by atoms with E-state index in [1.54, 1.807) is 6.07 Å². The highest BCUT2D eigenvalue weighted by Gasteiger charge is 2.39. The highest BCUT2D eigenvalue weighted by Crippen LogP contribution is 2.33. The average Bonchev–Trinajstić information content (AvgIpc) is 2.77. The maximum Gasteiger partial charge on any atom is 0.255 e. The van der Waals surface area contributed by atoms with Gasteiger partial charge in [-0.2, -0.15) is 0 Å². The van der Waals surface area contributed by atoms with Gasteiger partial charge in [-0.15, -0.1) is 0 Å². The van der Waals surface area contributed by atoms with Crippen LogP contribution in [0.5, 0.6) is 5.75 Å². The molecule has 4 rings (SSSR count). The second-order valence-electron chi connectivity index (χ2n) is 6.87. The predicted octanol–water partition coefficient (Wildman–Crippen LogP) is 2.98. The molecule has 2 aliphatic heterocycles. The number of ether oxygens (including phenoxy) is 1. The fourth-order valence-electron chi connectivity index (χ4n) is 3.59. The number of piperidine rings is 1. The van der Waals surface area contributed by atoms with Gasteiger partial charge in [-0.05, 0) is 29.8 Å². The summed E-state index contributed by atoms with van der Waals surface area (Å²) in [5.41, 5.74) is 1.37. The van der Waals surface area contributed by atoms with Gasteiger partial charge in [0.2, 0.25) is 0 Å². The second-order valence-corrected chi connectivity index (χ2v) is 6.87. The monoisotopic (exact) mass is 340 g/mol. The third-order valence-corrected chi connectivity index (χ3v) is 5.12. The standard InChI is InChI=1S/C20H21FN2O2/c21-16-7-5-15(6-8-16)13-23-11-9-20(10-12-23)14-22-19(24)17-3-1-2-4-18(17)25-20/h1-8H,9-14H2,(H,22,24). The summed E-state index contributed by atoms with van der Waals surface area (Å²) in [6.45, 7) is 3.11. The van der Waals surface area contributed by atoms with E-state index in [4.69, 9.17) is 4.74 Å². The molecule has 1 N–H and O–H groups in total. The van der Waals surface area contributed by atoms with Crippen LogP contribution in [0.2, 0.25) is 0 Å². The lowest BCUT2D eigenvalue weighted by Crippen LogP contribution is -2.52. The van der Waals surface area contributed by atoms with E-state index in [2.05, 4.69) is 10.2 Å². The Kier molecular flexibility index (Phi) is 4.17. The fourth-order valence-corrected chi connectivity index (χ4v) is 3.59. The van der Waals surface area contributed by atoms with Crippen molar-refractivity contribution >= 4 is 5.91 Å². The maximum absolute atomic E-state index is 13.0. The molecule has 0 bridgehead atoms. The van der Waals surface area contributed by atoms with E-state index in [9.17, 15) is 9.18 Å². The van der Waals surface area contributed by atoms with Gasteiger partial charge in [0.15, 0.2) is 0 Å². The normalized spacial score (nSPS) is 19.6. The number of carbonyl (C=O) groups excluding carboxylic acids is 1. The summed E-state index contributed by atoms with van der Waals surface area (Å²) in [5.74, 6) is 0.397. The molecular formula is C20H21FN2O2. The first kappa shape index (κ1) is 16.1. The van der Waals surface area contributed by atoms with E-state index in [0.717, 1.165) is 38.0 Å². The zero-order valence-electron chi connectivity index (χ0n) is 14.0. The molecule has 4 nitrogen and oxygen atoms in total. The number of para-hydroxylation sites is 1. The molecule has 1 saturated heterocycles. The molecule has 25 heavy (non-hydrogen) atoms. The van der Waals surface area contributed by atoms with Crippen LogP contribution in [-0.4, -0.2) is 36.0 Å². The molecule has 2 heterocycles. The van der Waals surface area contributed by atoms with Crippen molar-refractivity contribution < 1.29 is 13.9 Å². The van der Waals surface area contributed by atoms with E-state index in [1.807, 2.05) is 30.3 Å². The van der Waals surface area contributed by atoms with Crippen molar-refractivity contribution in [1.82, 2.24) is 10.2 Å². The lowest BCUT2D eigenvalue weighted by Gasteiger charge is -2.41. The third kappa shape index (κ3) is 3.37. The van der Waals surface area contributed by atoms with E-state index in [0.29, 0.717) is 17.9 Å². The van der Waals surface area contributed by atoms with E-state index in [1.165, 1.54) is 12.1 Å². The summed E-state index contributed by atoms with van der Waals surface area (Å²) in [5, 5.41) is 3.01. The zero-order chi connectivity index (χ0) is 17.3. The van der Waals surface area contributed by atoms with Crippen molar-refractivity contribution in [3.63, 3.8) is 0 Å². The number of hydrogen-bond donors (Lipinski definition) is 1. The minimum Gasteiger partial charge on any atom is -0.485 e. The first-order valence-electron chi connectivity index (χ1n) is 8.67. The Morgan fingerprint density at radius 1 is 1.08 bits per heavy atom. The first-order valence-corrected chi connectivity index (χ1v) is 8.67. The number of nitrogens with zero attached hydrogens (tertiary/aromatic N) is 1. The van der Waals surface area contributed by atoms with Gasteiger partial charge in [-0.25, -0.2) is 4.39 Å². The van der Waals surface area contributed by atoms with Crippen molar-refractivity contribution in [3.05, 3.63) is 65.5 Å². The Morgan fingerprint density at radius 3 is 2.56 bits per heavy atom. The maximum atomic E-state index is 13.0. The molecule has 1 fully saturated rings. The number of fused-ring (bicyclic) bond motifs is 1. The Bertz CT molecular complexity index is 768. The molecule has 0 aliphatic carbocycles. The minimum absolute atomic E-state index is 0.0683. The molecule has 0 atom stereocenters. The smallest absolute Gasteiger partial charge is 0.255 e. The summed E-state index contributed by atoms with van der Waals surface area (Å²) >= 11 is 0. The number of halogens is 1. The van der Waals surface area contributed by atoms with Crippen molar-refractivity contribution in [3.8, 4) is 5.75 Å². The van der Waals surface area contributed by atoms with Crippen molar-refractivity contribution in [1.29, 1.82) is 0 Å². The Labute approximate surface area is 146 Å². The van der Waals surface area contributed by atoms with Crippen LogP contribution in [0.4, 0.5) is 4.39 Å². The minimum atomic E-state index is -0.346. The number of amides is 1. The van der Waals surface area contributed by atoms with E-state index < -0.39 is 0 Å². The number of nitrogens with one attached hydrogen (secondary N) is 1. The Balaban J connectivity index is 1.44. The lowest BCUT2D eigenvalue weighted by atomic mass is 9.90. The van der Waals surface area contributed by atoms with Gasteiger partial charge >= 0.3 is 0 Å². The number of hydrogen-bond acceptors (Lipinski definition) is 3. The third-order valence-electron chi connectivity index (χ3n) is 5.12. The topological polar surface area (TPSA) is 41.6 Å². The van der Waals surface area contributed by atoms with Crippen LogP contribution in [0.1, 0.15) is 28.8 Å². The molecule has 2 aromatic carbocycles. The largest absolute Gasteiger partial charge is 0.485 e. The van der Waals surface area contributed by atoms with E-state index in [-0.39, 0.29) is 17.3 Å². The molecule has 1 spiro atoms. The van der Waals surface area contributed by atoms with Crippen LogP contribution in [0, 0.1) is 5.82 Å². The van der Waals surface area contributed by atoms with Gasteiger partial charge in [0.1, 0.15) is 17.2 Å². The number of benzene rings is 2. The Hall–Kier alpha value is -2.40. The molecule has 0 saturated carbocycles. The van der Waals surface area contributed by atoms with Gasteiger partial charge in [-0.1, -0.05) is 24.3 Å². The summed E-state index contributed by atoms with van der Waals surface area (Å²) in [4.78, 5) is 14.6. The van der Waals surface area contributed by atoms with Crippen molar-refractivity contribution in [2.24, 2.45) is 0 Å². The molecule has 0 radical (unpaired) electrons. The van der Waals surface area contributed by atoms with Crippen LogP contribution in [0.3, 0.4) is 0 Å². The van der Waals surface area contributed by atoms with Crippen LogP contribution in [-0.2, 0) is 6.54 Å². The molecule has 2 aromatic rings. The SMILES string of the molecule is O=C1NCC2(CCN(Cc3ccc(F)cc3)CC2)Oc2ccccc21. The summed E-state index contributed by atoms with van der Waals surface area (Å²) in [7, 11) is 0. The quantitative estimate of drug-likeness (QED) is 0.914. The summed E-state index contributed by atoms with van der Waals surface area (Å²) < 4.78 is 19.3. The van der Waals surface area contributed by atoms with Crippen LogP contribution >= 0.6 is 0 Å². The van der Waals surface area contributed by atoms with Gasteiger partial charge in [0.25, 0.3) is 5.91 Å². The van der Waals surface area contributed by atoms with Gasteiger partial charge in [-0.3, -0.25) is 9.69 Å². The molecule has 5 heteroatoms. The highest BCUT2D eigenvalue weighted by molar-refractivity contribution is 5.97. The predicted molar refractivity (Wildman–Crippen MR) is 93.0 cm³/mol. The van der Waals surface area contributed by atoms with E-state index >= 15 is 0 Å². The Morgan fingerprint density at radius 2 is 1.80 bits per heavy atom. The van der Waals surface area contributed by atoms with Gasteiger partial charge in [0, 0.05) is 32.5 Å². The van der Waals surface area contributed by atoms with Gasteiger partial charge < -0.3 is 10.1 Å².